The number of rotatable bonds is 9. The predicted octanol–water partition coefficient (Wildman–Crippen LogP) is 0.517. The lowest BCUT2D eigenvalue weighted by atomic mass is 10.2. The first kappa shape index (κ1) is 18.4. The molecule has 0 bridgehead atoms. The van der Waals surface area contributed by atoms with Crippen molar-refractivity contribution in [1.82, 2.24) is 15.4 Å². The molecule has 1 saturated carbocycles. The molecule has 1 aromatic carbocycles. The zero-order chi connectivity index (χ0) is 17.6. The number of hydrogen-bond acceptors (Lipinski definition) is 4. The van der Waals surface area contributed by atoms with Crippen LogP contribution in [0.5, 0.6) is 0 Å². The summed E-state index contributed by atoms with van der Waals surface area (Å²) in [6.45, 7) is 0.854. The molecule has 3 N–H and O–H groups in total. The average molecular weight is 353 g/mol. The van der Waals surface area contributed by atoms with Crippen LogP contribution in [0.25, 0.3) is 0 Å². The van der Waals surface area contributed by atoms with Gasteiger partial charge in [-0.05, 0) is 44.0 Å². The van der Waals surface area contributed by atoms with E-state index in [0.717, 1.165) is 18.4 Å². The van der Waals surface area contributed by atoms with Gasteiger partial charge in [-0.1, -0.05) is 12.1 Å². The van der Waals surface area contributed by atoms with Crippen LogP contribution in [0.2, 0.25) is 0 Å². The van der Waals surface area contributed by atoms with Gasteiger partial charge in [-0.15, -0.1) is 0 Å². The number of sulfonamides is 1. The Morgan fingerprint density at radius 2 is 1.79 bits per heavy atom. The van der Waals surface area contributed by atoms with Crippen molar-refractivity contribution in [3.05, 3.63) is 29.8 Å². The zero-order valence-corrected chi connectivity index (χ0v) is 14.5. The Bertz CT molecular complexity index is 682. The number of carbonyl (C=O) groups is 2. The van der Waals surface area contributed by atoms with Gasteiger partial charge in [0, 0.05) is 25.4 Å². The normalized spacial score (nSPS) is 14.2. The third-order valence-electron chi connectivity index (χ3n) is 3.82. The number of amides is 2. The minimum atomic E-state index is -3.44. The molecule has 0 aromatic heterocycles. The molecule has 7 nitrogen and oxygen atoms in total. The van der Waals surface area contributed by atoms with E-state index in [0.29, 0.717) is 25.9 Å². The van der Waals surface area contributed by atoms with E-state index < -0.39 is 10.0 Å². The van der Waals surface area contributed by atoms with E-state index in [1.165, 1.54) is 19.2 Å². The van der Waals surface area contributed by atoms with Crippen molar-refractivity contribution in [2.45, 2.75) is 37.1 Å². The van der Waals surface area contributed by atoms with E-state index in [-0.39, 0.29) is 22.6 Å². The highest BCUT2D eigenvalue weighted by Crippen LogP contribution is 2.28. The van der Waals surface area contributed by atoms with E-state index in [4.69, 9.17) is 0 Å². The van der Waals surface area contributed by atoms with Crippen LogP contribution in [0.15, 0.2) is 29.2 Å². The van der Waals surface area contributed by atoms with Gasteiger partial charge in [-0.25, -0.2) is 13.1 Å². The van der Waals surface area contributed by atoms with Crippen molar-refractivity contribution in [1.29, 1.82) is 0 Å². The lowest BCUT2D eigenvalue weighted by Crippen LogP contribution is -2.28. The van der Waals surface area contributed by atoms with E-state index in [1.54, 1.807) is 12.1 Å². The molecule has 0 saturated heterocycles. The van der Waals surface area contributed by atoms with Gasteiger partial charge >= 0.3 is 0 Å². The van der Waals surface area contributed by atoms with Crippen LogP contribution in [0.3, 0.4) is 0 Å². The second-order valence-corrected chi connectivity index (χ2v) is 7.68. The van der Waals surface area contributed by atoms with Gasteiger partial charge in [0.2, 0.25) is 21.8 Å². The van der Waals surface area contributed by atoms with Gasteiger partial charge in [-0.3, -0.25) is 9.59 Å². The Kier molecular flexibility index (Phi) is 6.33. The lowest BCUT2D eigenvalue weighted by Gasteiger charge is -2.07. The summed E-state index contributed by atoms with van der Waals surface area (Å²) in [7, 11) is -2.08. The summed E-state index contributed by atoms with van der Waals surface area (Å²) in [4.78, 5) is 23.4. The Morgan fingerprint density at radius 1 is 1.12 bits per heavy atom. The fourth-order valence-electron chi connectivity index (χ4n) is 2.14. The summed E-state index contributed by atoms with van der Waals surface area (Å²) in [5.74, 6) is 0.183. The molecule has 0 unspecified atom stereocenters. The van der Waals surface area contributed by atoms with Crippen molar-refractivity contribution < 1.29 is 18.0 Å². The highest BCUT2D eigenvalue weighted by molar-refractivity contribution is 7.89. The predicted molar refractivity (Wildman–Crippen MR) is 89.5 cm³/mol. The first-order chi connectivity index (χ1) is 11.4. The monoisotopic (exact) mass is 353 g/mol. The number of nitrogens with one attached hydrogen (secondary N) is 3. The molecule has 2 amide bonds. The van der Waals surface area contributed by atoms with Crippen molar-refractivity contribution in [2.24, 2.45) is 5.92 Å². The highest BCUT2D eigenvalue weighted by Gasteiger charge is 2.28. The van der Waals surface area contributed by atoms with Gasteiger partial charge < -0.3 is 10.6 Å². The van der Waals surface area contributed by atoms with Crippen molar-refractivity contribution in [3.63, 3.8) is 0 Å². The molecular formula is C16H23N3O4S. The Balaban J connectivity index is 1.66. The average Bonchev–Trinajstić information content (AvgIpc) is 3.42. The van der Waals surface area contributed by atoms with Gasteiger partial charge in [-0.2, -0.15) is 0 Å². The van der Waals surface area contributed by atoms with E-state index in [1.807, 2.05) is 0 Å². The van der Waals surface area contributed by atoms with Gasteiger partial charge in [0.25, 0.3) is 0 Å². The highest BCUT2D eigenvalue weighted by atomic mass is 32.2. The van der Waals surface area contributed by atoms with Crippen LogP contribution in [-0.2, 0) is 26.2 Å². The second kappa shape index (κ2) is 8.25. The molecule has 24 heavy (non-hydrogen) atoms. The molecule has 2 rings (SSSR count). The SMILES string of the molecule is CNS(=O)(=O)c1ccc(CNC(=O)CCCNC(=O)C2CC2)cc1. The number of benzene rings is 1. The van der Waals surface area contributed by atoms with E-state index >= 15 is 0 Å². The second-order valence-electron chi connectivity index (χ2n) is 5.80. The van der Waals surface area contributed by atoms with Crippen LogP contribution in [0.1, 0.15) is 31.2 Å². The maximum Gasteiger partial charge on any atom is 0.240 e. The summed E-state index contributed by atoms with van der Waals surface area (Å²) in [6.07, 6.45) is 2.89. The summed E-state index contributed by atoms with van der Waals surface area (Å²) >= 11 is 0. The maximum atomic E-state index is 11.8. The van der Waals surface area contributed by atoms with Crippen LogP contribution in [-0.4, -0.2) is 33.8 Å². The van der Waals surface area contributed by atoms with Crippen LogP contribution < -0.4 is 15.4 Å². The molecule has 0 atom stereocenters. The molecule has 0 spiro atoms. The minimum Gasteiger partial charge on any atom is -0.356 e. The third-order valence-corrected chi connectivity index (χ3v) is 5.25. The smallest absolute Gasteiger partial charge is 0.240 e. The van der Waals surface area contributed by atoms with Crippen molar-refractivity contribution in [2.75, 3.05) is 13.6 Å². The maximum absolute atomic E-state index is 11.8. The Hall–Kier alpha value is -1.93. The van der Waals surface area contributed by atoms with E-state index in [9.17, 15) is 18.0 Å². The van der Waals surface area contributed by atoms with Crippen molar-refractivity contribution in [3.8, 4) is 0 Å². The van der Waals surface area contributed by atoms with Crippen molar-refractivity contribution >= 4 is 21.8 Å². The lowest BCUT2D eigenvalue weighted by molar-refractivity contribution is -0.123. The summed E-state index contributed by atoms with van der Waals surface area (Å²) in [5, 5.41) is 5.60. The molecular weight excluding hydrogens is 330 g/mol. The molecule has 1 fully saturated rings. The molecule has 132 valence electrons. The van der Waals surface area contributed by atoms with Crippen LogP contribution in [0, 0.1) is 5.92 Å². The number of hydrogen-bond donors (Lipinski definition) is 3. The summed E-state index contributed by atoms with van der Waals surface area (Å²) in [5.41, 5.74) is 0.820. The fraction of sp³-hybridized carbons (Fsp3) is 0.500. The fourth-order valence-corrected chi connectivity index (χ4v) is 2.87. The molecule has 1 aromatic rings. The first-order valence-corrected chi connectivity index (χ1v) is 9.47. The van der Waals surface area contributed by atoms with Gasteiger partial charge in [0.05, 0.1) is 4.90 Å². The largest absolute Gasteiger partial charge is 0.356 e. The molecule has 0 heterocycles. The zero-order valence-electron chi connectivity index (χ0n) is 13.7. The quantitative estimate of drug-likeness (QED) is 0.563. The summed E-state index contributed by atoms with van der Waals surface area (Å²) < 4.78 is 25.5. The molecule has 0 aliphatic heterocycles. The van der Waals surface area contributed by atoms with Crippen LogP contribution >= 0.6 is 0 Å². The van der Waals surface area contributed by atoms with Crippen LogP contribution in [0.4, 0.5) is 0 Å². The van der Waals surface area contributed by atoms with E-state index in [2.05, 4.69) is 15.4 Å². The van der Waals surface area contributed by atoms with Gasteiger partial charge in [0.1, 0.15) is 0 Å². The summed E-state index contributed by atoms with van der Waals surface area (Å²) in [6, 6.07) is 6.34. The number of carbonyl (C=O) groups excluding carboxylic acids is 2. The minimum absolute atomic E-state index is 0.0898. The van der Waals surface area contributed by atoms with Gasteiger partial charge in [0.15, 0.2) is 0 Å². The Morgan fingerprint density at radius 3 is 2.38 bits per heavy atom. The molecule has 8 heteroatoms. The first-order valence-electron chi connectivity index (χ1n) is 7.99. The standard InChI is InChI=1S/C16H23N3O4S/c1-17-24(22,23)14-8-4-12(5-9-14)11-19-15(20)3-2-10-18-16(21)13-6-7-13/h4-5,8-9,13,17H,2-3,6-7,10-11H2,1H3,(H,18,21)(H,19,20). The molecule has 0 radical (unpaired) electrons. The topological polar surface area (TPSA) is 104 Å². The Labute approximate surface area is 142 Å². The molecule has 1 aliphatic rings. The molecule has 1 aliphatic carbocycles. The third kappa shape index (κ3) is 5.61.